The number of hydrogen-bond acceptors (Lipinski definition) is 3. The fourth-order valence-corrected chi connectivity index (χ4v) is 1.89. The van der Waals surface area contributed by atoms with E-state index in [0.717, 1.165) is 18.4 Å². The minimum absolute atomic E-state index is 0.0953. The van der Waals surface area contributed by atoms with Gasteiger partial charge in [-0.1, -0.05) is 0 Å². The van der Waals surface area contributed by atoms with Gasteiger partial charge in [0.2, 0.25) is 5.91 Å². The van der Waals surface area contributed by atoms with Crippen LogP contribution in [0.4, 0.5) is 5.69 Å². The second-order valence-corrected chi connectivity index (χ2v) is 4.90. The fourth-order valence-electron chi connectivity index (χ4n) is 1.89. The smallest absolute Gasteiger partial charge is 0.251 e. The molecule has 4 N–H and O–H groups in total. The normalized spacial score (nSPS) is 13.9. The summed E-state index contributed by atoms with van der Waals surface area (Å²) in [7, 11) is 0. The van der Waals surface area contributed by atoms with E-state index in [9.17, 15) is 9.59 Å². The molecule has 0 spiro atoms. The third-order valence-corrected chi connectivity index (χ3v) is 3.15. The van der Waals surface area contributed by atoms with Crippen LogP contribution in [0, 0.1) is 12.8 Å². The molecule has 2 amide bonds. The lowest BCUT2D eigenvalue weighted by atomic mass is 10.1. The molecule has 2 rings (SSSR count). The monoisotopic (exact) mass is 261 g/mol. The molecule has 19 heavy (non-hydrogen) atoms. The Hall–Kier alpha value is -2.04. The minimum Gasteiger partial charge on any atom is -0.399 e. The molecule has 0 radical (unpaired) electrons. The zero-order valence-corrected chi connectivity index (χ0v) is 11.0. The van der Waals surface area contributed by atoms with Gasteiger partial charge < -0.3 is 16.4 Å². The number of aryl methyl sites for hydroxylation is 1. The number of nitrogens with two attached hydrogens (primary N) is 1. The first-order valence-electron chi connectivity index (χ1n) is 6.50. The van der Waals surface area contributed by atoms with Crippen LogP contribution in [-0.2, 0) is 4.79 Å². The van der Waals surface area contributed by atoms with Crippen LogP contribution in [0.25, 0.3) is 0 Å². The number of rotatable bonds is 5. The van der Waals surface area contributed by atoms with Crippen LogP contribution < -0.4 is 16.4 Å². The fraction of sp³-hybridized carbons (Fsp3) is 0.429. The highest BCUT2D eigenvalue weighted by atomic mass is 16.2. The molecule has 0 aliphatic heterocycles. The Labute approximate surface area is 112 Å². The lowest BCUT2D eigenvalue weighted by Gasteiger charge is -2.09. The number of hydrogen-bond donors (Lipinski definition) is 3. The number of nitrogen functional groups attached to an aromatic ring is 1. The summed E-state index contributed by atoms with van der Waals surface area (Å²) in [6.45, 7) is 2.75. The predicted molar refractivity (Wildman–Crippen MR) is 73.7 cm³/mol. The SMILES string of the molecule is Cc1cc(N)ccc1C(=O)NCCNC(=O)C1CC1. The Morgan fingerprint density at radius 1 is 1.26 bits per heavy atom. The van der Waals surface area contributed by atoms with Crippen molar-refractivity contribution < 1.29 is 9.59 Å². The Morgan fingerprint density at radius 3 is 2.58 bits per heavy atom. The Morgan fingerprint density at radius 2 is 1.95 bits per heavy atom. The van der Waals surface area contributed by atoms with Crippen LogP contribution in [-0.4, -0.2) is 24.9 Å². The summed E-state index contributed by atoms with van der Waals surface area (Å²) in [5.41, 5.74) is 7.74. The van der Waals surface area contributed by atoms with E-state index in [0.29, 0.717) is 24.3 Å². The van der Waals surface area contributed by atoms with Crippen LogP contribution in [0.5, 0.6) is 0 Å². The number of anilines is 1. The molecule has 1 aliphatic rings. The minimum atomic E-state index is -0.141. The van der Waals surface area contributed by atoms with Crippen LogP contribution in [0.2, 0.25) is 0 Å². The molecule has 102 valence electrons. The summed E-state index contributed by atoms with van der Waals surface area (Å²) in [5.74, 6) is 0.158. The molecule has 1 saturated carbocycles. The average Bonchev–Trinajstić information content (AvgIpc) is 3.18. The lowest BCUT2D eigenvalue weighted by Crippen LogP contribution is -2.35. The van der Waals surface area contributed by atoms with Gasteiger partial charge in [-0.15, -0.1) is 0 Å². The third-order valence-electron chi connectivity index (χ3n) is 3.15. The molecule has 1 aromatic rings. The number of nitrogens with one attached hydrogen (secondary N) is 2. The van der Waals surface area contributed by atoms with Gasteiger partial charge in [-0.05, 0) is 43.5 Å². The summed E-state index contributed by atoms with van der Waals surface area (Å²) >= 11 is 0. The van der Waals surface area contributed by atoms with Crippen LogP contribution >= 0.6 is 0 Å². The van der Waals surface area contributed by atoms with Gasteiger partial charge in [0.15, 0.2) is 0 Å². The van der Waals surface area contributed by atoms with E-state index in [-0.39, 0.29) is 17.7 Å². The summed E-state index contributed by atoms with van der Waals surface area (Å²) in [5, 5.41) is 5.58. The first kappa shape index (κ1) is 13.4. The molecule has 0 saturated heterocycles. The molecule has 5 heteroatoms. The predicted octanol–water partition coefficient (Wildman–Crippen LogP) is 0.833. The van der Waals surface area contributed by atoms with Crippen molar-refractivity contribution in [3.8, 4) is 0 Å². The first-order chi connectivity index (χ1) is 9.08. The standard InChI is InChI=1S/C14H19N3O2/c1-9-8-11(15)4-5-12(9)14(19)17-7-6-16-13(18)10-2-3-10/h4-5,8,10H,2-3,6-7,15H2,1H3,(H,16,18)(H,17,19). The Balaban J connectivity index is 1.75. The Kier molecular flexibility index (Phi) is 4.04. The van der Waals surface area contributed by atoms with E-state index in [2.05, 4.69) is 10.6 Å². The van der Waals surface area contributed by atoms with E-state index in [4.69, 9.17) is 5.73 Å². The van der Waals surface area contributed by atoms with Gasteiger partial charge >= 0.3 is 0 Å². The molecule has 0 unspecified atom stereocenters. The second-order valence-electron chi connectivity index (χ2n) is 4.90. The molecule has 1 aliphatic carbocycles. The first-order valence-corrected chi connectivity index (χ1v) is 6.50. The van der Waals surface area contributed by atoms with Gasteiger partial charge in [0.25, 0.3) is 5.91 Å². The topological polar surface area (TPSA) is 84.2 Å². The van der Waals surface area contributed by atoms with Crippen molar-refractivity contribution in [3.05, 3.63) is 29.3 Å². The molecule has 0 atom stereocenters. The van der Waals surface area contributed by atoms with Gasteiger partial charge in [0, 0.05) is 30.3 Å². The van der Waals surface area contributed by atoms with Gasteiger partial charge in [0.1, 0.15) is 0 Å². The largest absolute Gasteiger partial charge is 0.399 e. The molecular weight excluding hydrogens is 242 g/mol. The zero-order valence-electron chi connectivity index (χ0n) is 11.0. The van der Waals surface area contributed by atoms with Crippen molar-refractivity contribution in [1.82, 2.24) is 10.6 Å². The molecular formula is C14H19N3O2. The molecule has 0 aromatic heterocycles. The van der Waals surface area contributed by atoms with Gasteiger partial charge in [-0.2, -0.15) is 0 Å². The molecule has 0 bridgehead atoms. The maximum atomic E-state index is 11.9. The summed E-state index contributed by atoms with van der Waals surface area (Å²) < 4.78 is 0. The van der Waals surface area contributed by atoms with Crippen molar-refractivity contribution in [3.63, 3.8) is 0 Å². The Bertz CT molecular complexity index is 495. The van der Waals surface area contributed by atoms with Crippen molar-refractivity contribution in [2.24, 2.45) is 5.92 Å². The molecule has 0 heterocycles. The van der Waals surface area contributed by atoms with Gasteiger partial charge in [-0.3, -0.25) is 9.59 Å². The molecule has 1 fully saturated rings. The lowest BCUT2D eigenvalue weighted by molar-refractivity contribution is -0.122. The van der Waals surface area contributed by atoms with E-state index < -0.39 is 0 Å². The maximum Gasteiger partial charge on any atom is 0.251 e. The molecule has 5 nitrogen and oxygen atoms in total. The summed E-state index contributed by atoms with van der Waals surface area (Å²) in [6, 6.07) is 5.18. The number of amides is 2. The van der Waals surface area contributed by atoms with Crippen LogP contribution in [0.15, 0.2) is 18.2 Å². The van der Waals surface area contributed by atoms with E-state index >= 15 is 0 Å². The van der Waals surface area contributed by atoms with E-state index in [1.54, 1.807) is 18.2 Å². The van der Waals surface area contributed by atoms with Gasteiger partial charge in [0.05, 0.1) is 0 Å². The highest BCUT2D eigenvalue weighted by Crippen LogP contribution is 2.28. The quantitative estimate of drug-likeness (QED) is 0.542. The highest BCUT2D eigenvalue weighted by Gasteiger charge is 2.28. The van der Waals surface area contributed by atoms with E-state index in [1.165, 1.54) is 0 Å². The van der Waals surface area contributed by atoms with Gasteiger partial charge in [-0.25, -0.2) is 0 Å². The number of carbonyl (C=O) groups is 2. The zero-order chi connectivity index (χ0) is 13.8. The second kappa shape index (κ2) is 5.73. The van der Waals surface area contributed by atoms with E-state index in [1.807, 2.05) is 6.92 Å². The number of carbonyl (C=O) groups excluding carboxylic acids is 2. The number of benzene rings is 1. The van der Waals surface area contributed by atoms with Crippen molar-refractivity contribution in [1.29, 1.82) is 0 Å². The van der Waals surface area contributed by atoms with Crippen LogP contribution in [0.1, 0.15) is 28.8 Å². The van der Waals surface area contributed by atoms with Crippen LogP contribution in [0.3, 0.4) is 0 Å². The van der Waals surface area contributed by atoms with Crippen molar-refractivity contribution >= 4 is 17.5 Å². The highest BCUT2D eigenvalue weighted by molar-refractivity contribution is 5.96. The average molecular weight is 261 g/mol. The third kappa shape index (κ3) is 3.71. The molecule has 1 aromatic carbocycles. The van der Waals surface area contributed by atoms with Crippen molar-refractivity contribution in [2.45, 2.75) is 19.8 Å². The summed E-state index contributed by atoms with van der Waals surface area (Å²) in [6.07, 6.45) is 1.98. The summed E-state index contributed by atoms with van der Waals surface area (Å²) in [4.78, 5) is 23.3. The maximum absolute atomic E-state index is 11.9. The van der Waals surface area contributed by atoms with Crippen molar-refractivity contribution in [2.75, 3.05) is 18.8 Å².